The van der Waals surface area contributed by atoms with Crippen LogP contribution in [-0.2, 0) is 0 Å². The first-order valence-corrected chi connectivity index (χ1v) is 4.70. The van der Waals surface area contributed by atoms with Crippen molar-refractivity contribution in [1.29, 1.82) is 0 Å². The zero-order chi connectivity index (χ0) is 12.1. The second-order valence-electron chi connectivity index (χ2n) is 3.32. The van der Waals surface area contributed by atoms with Crippen molar-refractivity contribution in [3.8, 4) is 5.75 Å². The number of benzene rings is 1. The number of carbonyl (C=O) groups is 1. The number of nitrogens with one attached hydrogen (secondary N) is 1. The van der Waals surface area contributed by atoms with E-state index < -0.39 is 18.6 Å². The minimum absolute atomic E-state index is 0.0675. The van der Waals surface area contributed by atoms with Crippen molar-refractivity contribution in [1.82, 2.24) is 5.32 Å². The number of aromatic hydroxyl groups is 1. The third kappa shape index (κ3) is 3.11. The summed E-state index contributed by atoms with van der Waals surface area (Å²) in [6, 6.07) is 4.01. The number of aliphatic hydroxyl groups is 2. The molecule has 16 heavy (non-hydrogen) atoms. The normalized spacial score (nSPS) is 12.1. The van der Waals surface area contributed by atoms with Crippen molar-refractivity contribution in [2.24, 2.45) is 0 Å². The maximum absolute atomic E-state index is 11.5. The number of rotatable bonds is 4. The van der Waals surface area contributed by atoms with Crippen molar-refractivity contribution < 1.29 is 20.1 Å². The van der Waals surface area contributed by atoms with Gasteiger partial charge in [-0.15, -0.1) is 0 Å². The van der Waals surface area contributed by atoms with Crippen molar-refractivity contribution >= 4 is 11.6 Å². The third-order valence-electron chi connectivity index (χ3n) is 1.99. The predicted molar refractivity (Wildman–Crippen MR) is 57.9 cm³/mol. The minimum atomic E-state index is -1.01. The van der Waals surface area contributed by atoms with Crippen molar-refractivity contribution in [3.05, 3.63) is 23.8 Å². The van der Waals surface area contributed by atoms with Crippen LogP contribution in [0.4, 0.5) is 5.69 Å². The molecule has 0 aliphatic heterocycles. The molecule has 0 aromatic heterocycles. The molecule has 1 amide bonds. The molecule has 1 aromatic carbocycles. The van der Waals surface area contributed by atoms with E-state index in [0.29, 0.717) is 0 Å². The summed E-state index contributed by atoms with van der Waals surface area (Å²) in [6.45, 7) is -0.514. The highest BCUT2D eigenvalue weighted by Crippen LogP contribution is 2.18. The third-order valence-corrected chi connectivity index (χ3v) is 1.99. The van der Waals surface area contributed by atoms with Crippen LogP contribution in [0.5, 0.6) is 5.75 Å². The summed E-state index contributed by atoms with van der Waals surface area (Å²) in [4.78, 5) is 11.5. The number of phenols is 1. The van der Waals surface area contributed by atoms with Gasteiger partial charge in [-0.2, -0.15) is 0 Å². The Labute approximate surface area is 92.3 Å². The van der Waals surface area contributed by atoms with E-state index in [-0.39, 0.29) is 23.5 Å². The van der Waals surface area contributed by atoms with E-state index in [1.54, 1.807) is 0 Å². The Kier molecular flexibility index (Phi) is 4.10. The Morgan fingerprint density at radius 1 is 1.50 bits per heavy atom. The summed E-state index contributed by atoms with van der Waals surface area (Å²) in [5.41, 5.74) is 5.91. The first kappa shape index (κ1) is 12.3. The van der Waals surface area contributed by atoms with E-state index in [9.17, 15) is 9.90 Å². The van der Waals surface area contributed by atoms with E-state index in [4.69, 9.17) is 15.9 Å². The molecular weight excluding hydrogens is 212 g/mol. The fourth-order valence-corrected chi connectivity index (χ4v) is 1.11. The number of nitrogens with two attached hydrogens (primary N) is 1. The summed E-state index contributed by atoms with van der Waals surface area (Å²) in [7, 11) is 0. The molecule has 1 aromatic rings. The van der Waals surface area contributed by atoms with Gasteiger partial charge in [-0.3, -0.25) is 4.79 Å². The van der Waals surface area contributed by atoms with Crippen molar-refractivity contribution in [2.45, 2.75) is 6.10 Å². The first-order valence-electron chi connectivity index (χ1n) is 4.70. The summed E-state index contributed by atoms with van der Waals surface area (Å²) >= 11 is 0. The van der Waals surface area contributed by atoms with Crippen LogP contribution in [0.15, 0.2) is 18.2 Å². The average molecular weight is 226 g/mol. The van der Waals surface area contributed by atoms with Crippen LogP contribution in [0.1, 0.15) is 10.4 Å². The van der Waals surface area contributed by atoms with Crippen LogP contribution < -0.4 is 11.1 Å². The van der Waals surface area contributed by atoms with E-state index >= 15 is 0 Å². The largest absolute Gasteiger partial charge is 0.508 e. The van der Waals surface area contributed by atoms with Crippen LogP contribution >= 0.6 is 0 Å². The predicted octanol–water partition coefficient (Wildman–Crippen LogP) is -0.943. The van der Waals surface area contributed by atoms with Gasteiger partial charge in [0.25, 0.3) is 5.91 Å². The molecule has 0 heterocycles. The van der Waals surface area contributed by atoms with Crippen molar-refractivity contribution in [2.75, 3.05) is 18.9 Å². The first-order chi connectivity index (χ1) is 7.54. The molecule has 6 nitrogen and oxygen atoms in total. The maximum atomic E-state index is 11.5. The molecule has 1 atom stereocenters. The van der Waals surface area contributed by atoms with Crippen LogP contribution in [0.2, 0.25) is 0 Å². The number of amides is 1. The monoisotopic (exact) mass is 226 g/mol. The highest BCUT2D eigenvalue weighted by atomic mass is 16.3. The number of phenolic OH excluding ortho intramolecular Hbond substituents is 1. The molecule has 0 aliphatic carbocycles. The zero-order valence-corrected chi connectivity index (χ0v) is 8.55. The standard InChI is InChI=1S/C10H14N2O4/c11-9-2-1-6(14)3-8(9)10(16)12-4-7(15)5-13/h1-3,7,13-15H,4-5,11H2,(H,12,16). The Morgan fingerprint density at radius 2 is 2.19 bits per heavy atom. The lowest BCUT2D eigenvalue weighted by molar-refractivity contribution is 0.0802. The second-order valence-corrected chi connectivity index (χ2v) is 3.32. The summed E-state index contributed by atoms with van der Waals surface area (Å²) in [5, 5.41) is 29.1. The molecule has 0 spiro atoms. The number of anilines is 1. The van der Waals surface area contributed by atoms with Crippen LogP contribution in [0.3, 0.4) is 0 Å². The molecule has 0 aliphatic rings. The number of hydrogen-bond donors (Lipinski definition) is 5. The lowest BCUT2D eigenvalue weighted by Gasteiger charge is -2.10. The van der Waals surface area contributed by atoms with Crippen LogP contribution in [-0.4, -0.2) is 40.5 Å². The van der Waals surface area contributed by atoms with Crippen molar-refractivity contribution in [3.63, 3.8) is 0 Å². The number of carbonyl (C=O) groups excluding carboxylic acids is 1. The van der Waals surface area contributed by atoms with Gasteiger partial charge >= 0.3 is 0 Å². The fourth-order valence-electron chi connectivity index (χ4n) is 1.11. The molecule has 6 heteroatoms. The lowest BCUT2D eigenvalue weighted by Crippen LogP contribution is -2.34. The molecular formula is C10H14N2O4. The molecule has 0 fully saturated rings. The van der Waals surface area contributed by atoms with Gasteiger partial charge in [0.15, 0.2) is 0 Å². The van der Waals surface area contributed by atoms with Gasteiger partial charge in [0, 0.05) is 12.2 Å². The van der Waals surface area contributed by atoms with Crippen LogP contribution in [0, 0.1) is 0 Å². The number of nitrogen functional groups attached to an aromatic ring is 1. The maximum Gasteiger partial charge on any atom is 0.253 e. The molecule has 0 saturated heterocycles. The summed E-state index contributed by atoms with van der Waals surface area (Å²) in [5.74, 6) is -0.581. The fraction of sp³-hybridized carbons (Fsp3) is 0.300. The van der Waals surface area contributed by atoms with E-state index in [1.165, 1.54) is 18.2 Å². The molecule has 0 radical (unpaired) electrons. The smallest absolute Gasteiger partial charge is 0.253 e. The minimum Gasteiger partial charge on any atom is -0.508 e. The average Bonchev–Trinajstić information content (AvgIpc) is 2.28. The lowest BCUT2D eigenvalue weighted by atomic mass is 10.1. The van der Waals surface area contributed by atoms with Gasteiger partial charge < -0.3 is 26.4 Å². The second kappa shape index (κ2) is 5.34. The Bertz CT molecular complexity index is 381. The molecule has 0 saturated carbocycles. The van der Waals surface area contributed by atoms with E-state index in [1.807, 2.05) is 0 Å². The topological polar surface area (TPSA) is 116 Å². The molecule has 88 valence electrons. The molecule has 6 N–H and O–H groups in total. The van der Waals surface area contributed by atoms with E-state index in [2.05, 4.69) is 5.32 Å². The van der Waals surface area contributed by atoms with E-state index in [0.717, 1.165) is 0 Å². The van der Waals surface area contributed by atoms with Gasteiger partial charge in [0.1, 0.15) is 5.75 Å². The SMILES string of the molecule is Nc1ccc(O)cc1C(=O)NCC(O)CO. The molecule has 1 unspecified atom stereocenters. The molecule has 1 rings (SSSR count). The van der Waals surface area contributed by atoms with Gasteiger partial charge in [-0.25, -0.2) is 0 Å². The Morgan fingerprint density at radius 3 is 2.81 bits per heavy atom. The highest BCUT2D eigenvalue weighted by Gasteiger charge is 2.11. The number of aliphatic hydroxyl groups excluding tert-OH is 2. The van der Waals surface area contributed by atoms with Gasteiger partial charge in [-0.1, -0.05) is 0 Å². The summed E-state index contributed by atoms with van der Waals surface area (Å²) < 4.78 is 0. The summed E-state index contributed by atoms with van der Waals surface area (Å²) in [6.07, 6.45) is -1.01. The molecule has 0 bridgehead atoms. The Balaban J connectivity index is 2.69. The Hall–Kier alpha value is -1.79. The quantitative estimate of drug-likeness (QED) is 0.335. The van der Waals surface area contributed by atoms with Gasteiger partial charge in [-0.05, 0) is 18.2 Å². The van der Waals surface area contributed by atoms with Gasteiger partial charge in [0.05, 0.1) is 18.3 Å². The van der Waals surface area contributed by atoms with Crippen LogP contribution in [0.25, 0.3) is 0 Å². The number of hydrogen-bond acceptors (Lipinski definition) is 5. The zero-order valence-electron chi connectivity index (χ0n) is 8.55. The van der Waals surface area contributed by atoms with Gasteiger partial charge in [0.2, 0.25) is 0 Å². The highest BCUT2D eigenvalue weighted by molar-refractivity contribution is 5.99.